The molecule has 0 aliphatic rings. The van der Waals surface area contributed by atoms with E-state index in [9.17, 15) is 9.90 Å². The van der Waals surface area contributed by atoms with Crippen LogP contribution < -0.4 is 9.47 Å². The highest BCUT2D eigenvalue weighted by Crippen LogP contribution is 2.26. The Morgan fingerprint density at radius 3 is 2.18 bits per heavy atom. The van der Waals surface area contributed by atoms with Crippen molar-refractivity contribution in [2.24, 2.45) is 0 Å². The third-order valence-electron chi connectivity index (χ3n) is 2.20. The van der Waals surface area contributed by atoms with Gasteiger partial charge in [-0.05, 0) is 24.6 Å². The summed E-state index contributed by atoms with van der Waals surface area (Å²) in [7, 11) is 2.99. The van der Waals surface area contributed by atoms with Crippen molar-refractivity contribution in [2.45, 2.75) is 13.0 Å². The number of hydrogen-bond donors (Lipinski definition) is 1. The van der Waals surface area contributed by atoms with E-state index in [4.69, 9.17) is 14.2 Å². The van der Waals surface area contributed by atoms with Crippen molar-refractivity contribution in [3.63, 3.8) is 0 Å². The van der Waals surface area contributed by atoms with E-state index in [0.29, 0.717) is 17.1 Å². The van der Waals surface area contributed by atoms with E-state index in [0.717, 1.165) is 0 Å². The van der Waals surface area contributed by atoms with Gasteiger partial charge in [-0.15, -0.1) is 0 Å². The van der Waals surface area contributed by atoms with Crippen LogP contribution in [0.2, 0.25) is 0 Å². The fourth-order valence-corrected chi connectivity index (χ4v) is 1.34. The topological polar surface area (TPSA) is 65.0 Å². The molecule has 0 amide bonds. The molecule has 5 nitrogen and oxygen atoms in total. The first kappa shape index (κ1) is 13.3. The van der Waals surface area contributed by atoms with Crippen molar-refractivity contribution in [3.8, 4) is 11.5 Å². The van der Waals surface area contributed by atoms with E-state index in [2.05, 4.69) is 0 Å². The molecule has 1 aromatic carbocycles. The predicted molar refractivity (Wildman–Crippen MR) is 61.1 cm³/mol. The molecule has 0 aliphatic heterocycles. The molecule has 0 radical (unpaired) electrons. The van der Waals surface area contributed by atoms with Gasteiger partial charge >= 0.3 is 5.97 Å². The highest BCUT2D eigenvalue weighted by Gasteiger charge is 2.20. The zero-order chi connectivity index (χ0) is 12.8. The van der Waals surface area contributed by atoms with Gasteiger partial charge in [-0.3, -0.25) is 0 Å². The highest BCUT2D eigenvalue weighted by atomic mass is 16.5. The van der Waals surface area contributed by atoms with Gasteiger partial charge in [0.15, 0.2) is 6.10 Å². The third-order valence-corrected chi connectivity index (χ3v) is 2.20. The molecule has 0 saturated carbocycles. The average molecular weight is 240 g/mol. The lowest BCUT2D eigenvalue weighted by atomic mass is 10.1. The van der Waals surface area contributed by atoms with Crippen molar-refractivity contribution < 1.29 is 24.1 Å². The number of carbonyl (C=O) groups excluding carboxylic acids is 1. The second-order valence-corrected chi connectivity index (χ2v) is 3.30. The smallest absolute Gasteiger partial charge is 0.339 e. The van der Waals surface area contributed by atoms with Crippen molar-refractivity contribution in [1.29, 1.82) is 0 Å². The van der Waals surface area contributed by atoms with E-state index in [1.807, 2.05) is 0 Å². The molecular formula is C12H16O5. The summed E-state index contributed by atoms with van der Waals surface area (Å²) in [6.07, 6.45) is -1.33. The lowest BCUT2D eigenvalue weighted by Crippen LogP contribution is -2.15. The maximum absolute atomic E-state index is 11.4. The SMILES string of the molecule is CCOC(=O)C(O)c1cc(OC)cc(OC)c1. The number of ether oxygens (including phenoxy) is 3. The quantitative estimate of drug-likeness (QED) is 0.786. The Labute approximate surface area is 99.9 Å². The van der Waals surface area contributed by atoms with Crippen LogP contribution in [0.3, 0.4) is 0 Å². The molecule has 0 spiro atoms. The number of aliphatic hydroxyl groups is 1. The van der Waals surface area contributed by atoms with Crippen LogP contribution in [0.4, 0.5) is 0 Å². The lowest BCUT2D eigenvalue weighted by molar-refractivity contribution is -0.153. The number of aliphatic hydroxyl groups excluding tert-OH is 1. The van der Waals surface area contributed by atoms with Crippen LogP contribution in [0.15, 0.2) is 18.2 Å². The Hall–Kier alpha value is -1.75. The van der Waals surface area contributed by atoms with Gasteiger partial charge in [0.2, 0.25) is 0 Å². The Morgan fingerprint density at radius 2 is 1.76 bits per heavy atom. The van der Waals surface area contributed by atoms with Crippen LogP contribution in [-0.2, 0) is 9.53 Å². The molecule has 1 unspecified atom stereocenters. The van der Waals surface area contributed by atoms with Gasteiger partial charge in [0.1, 0.15) is 11.5 Å². The summed E-state index contributed by atoms with van der Waals surface area (Å²) >= 11 is 0. The van der Waals surface area contributed by atoms with E-state index in [-0.39, 0.29) is 6.61 Å². The van der Waals surface area contributed by atoms with Crippen LogP contribution in [0.25, 0.3) is 0 Å². The number of rotatable bonds is 5. The highest BCUT2D eigenvalue weighted by molar-refractivity contribution is 5.76. The normalized spacial score (nSPS) is 11.8. The predicted octanol–water partition coefficient (Wildman–Crippen LogP) is 1.30. The summed E-state index contributed by atoms with van der Waals surface area (Å²) in [5.41, 5.74) is 0.375. The van der Waals surface area contributed by atoms with E-state index >= 15 is 0 Å². The fraction of sp³-hybridized carbons (Fsp3) is 0.417. The molecule has 5 heteroatoms. The summed E-state index contributed by atoms with van der Waals surface area (Å²) in [5.74, 6) is 0.313. The second kappa shape index (κ2) is 6.10. The summed E-state index contributed by atoms with van der Waals surface area (Å²) < 4.78 is 14.8. The summed E-state index contributed by atoms with van der Waals surface area (Å²) in [6, 6.07) is 4.77. The monoisotopic (exact) mass is 240 g/mol. The molecule has 1 atom stereocenters. The minimum absolute atomic E-state index is 0.219. The number of carbonyl (C=O) groups is 1. The fourth-order valence-electron chi connectivity index (χ4n) is 1.34. The average Bonchev–Trinajstić information content (AvgIpc) is 2.37. The standard InChI is InChI=1S/C12H16O5/c1-4-17-12(14)11(13)8-5-9(15-2)7-10(6-8)16-3/h5-7,11,13H,4H2,1-3H3. The number of methoxy groups -OCH3 is 2. The Morgan fingerprint density at radius 1 is 1.24 bits per heavy atom. The van der Waals surface area contributed by atoms with Gasteiger partial charge in [-0.25, -0.2) is 4.79 Å². The first-order chi connectivity index (χ1) is 8.12. The maximum atomic E-state index is 11.4. The van der Waals surface area contributed by atoms with Crippen LogP contribution in [0.1, 0.15) is 18.6 Å². The Bertz CT molecular complexity index is 366. The minimum atomic E-state index is -1.33. The molecule has 94 valence electrons. The van der Waals surface area contributed by atoms with Crippen LogP contribution in [0, 0.1) is 0 Å². The van der Waals surface area contributed by atoms with Crippen LogP contribution in [0.5, 0.6) is 11.5 Å². The molecule has 1 aromatic rings. The summed E-state index contributed by atoms with van der Waals surface area (Å²) in [5, 5.41) is 9.77. The van der Waals surface area contributed by atoms with Crippen molar-refractivity contribution in [3.05, 3.63) is 23.8 Å². The third kappa shape index (κ3) is 3.35. The van der Waals surface area contributed by atoms with Crippen molar-refractivity contribution >= 4 is 5.97 Å². The van der Waals surface area contributed by atoms with Gasteiger partial charge in [-0.1, -0.05) is 0 Å². The molecule has 17 heavy (non-hydrogen) atoms. The minimum Gasteiger partial charge on any atom is -0.497 e. The molecule has 0 bridgehead atoms. The van der Waals surface area contributed by atoms with Gasteiger partial charge in [0.05, 0.1) is 20.8 Å². The molecule has 0 aromatic heterocycles. The lowest BCUT2D eigenvalue weighted by Gasteiger charge is -2.12. The summed E-state index contributed by atoms with van der Waals surface area (Å²) in [4.78, 5) is 11.4. The number of hydrogen-bond acceptors (Lipinski definition) is 5. The first-order valence-corrected chi connectivity index (χ1v) is 5.20. The molecule has 1 N–H and O–H groups in total. The van der Waals surface area contributed by atoms with Crippen LogP contribution >= 0.6 is 0 Å². The first-order valence-electron chi connectivity index (χ1n) is 5.20. The Balaban J connectivity index is 2.99. The van der Waals surface area contributed by atoms with Gasteiger partial charge in [0.25, 0.3) is 0 Å². The van der Waals surface area contributed by atoms with Gasteiger partial charge in [0, 0.05) is 6.07 Å². The van der Waals surface area contributed by atoms with E-state index in [1.54, 1.807) is 25.1 Å². The van der Waals surface area contributed by atoms with E-state index < -0.39 is 12.1 Å². The number of benzene rings is 1. The molecular weight excluding hydrogens is 224 g/mol. The summed E-state index contributed by atoms with van der Waals surface area (Å²) in [6.45, 7) is 1.90. The second-order valence-electron chi connectivity index (χ2n) is 3.30. The Kier molecular flexibility index (Phi) is 4.78. The molecule has 0 aliphatic carbocycles. The largest absolute Gasteiger partial charge is 0.497 e. The van der Waals surface area contributed by atoms with Crippen molar-refractivity contribution in [1.82, 2.24) is 0 Å². The number of esters is 1. The molecule has 1 rings (SSSR count). The van der Waals surface area contributed by atoms with Crippen LogP contribution in [-0.4, -0.2) is 31.9 Å². The van der Waals surface area contributed by atoms with Gasteiger partial charge < -0.3 is 19.3 Å². The molecule has 0 heterocycles. The van der Waals surface area contributed by atoms with Gasteiger partial charge in [-0.2, -0.15) is 0 Å². The van der Waals surface area contributed by atoms with E-state index in [1.165, 1.54) is 14.2 Å². The molecule has 0 fully saturated rings. The zero-order valence-electron chi connectivity index (χ0n) is 10.1. The van der Waals surface area contributed by atoms with Crippen molar-refractivity contribution in [2.75, 3.05) is 20.8 Å². The zero-order valence-corrected chi connectivity index (χ0v) is 10.1. The molecule has 0 saturated heterocycles. The maximum Gasteiger partial charge on any atom is 0.339 e.